The molecule has 3 atom stereocenters. The van der Waals surface area contributed by atoms with Gasteiger partial charge in [0.15, 0.2) is 6.10 Å². The van der Waals surface area contributed by atoms with E-state index in [1.165, 1.54) is 0 Å². The quantitative estimate of drug-likeness (QED) is 0.296. The Kier molecular flexibility index (Phi) is 7.24. The highest BCUT2D eigenvalue weighted by Gasteiger charge is 2.55. The second-order valence-electron chi connectivity index (χ2n) is 7.80. The number of carbonyl (C=O) groups excluding carboxylic acids is 3. The van der Waals surface area contributed by atoms with Gasteiger partial charge < -0.3 is 18.9 Å². The zero-order chi connectivity index (χ0) is 24.7. The first kappa shape index (κ1) is 23.7. The van der Waals surface area contributed by atoms with Gasteiger partial charge in [0.25, 0.3) is 0 Å². The monoisotopic (exact) mass is 470 g/mol. The molecule has 0 aromatic heterocycles. The first-order chi connectivity index (χ1) is 17.0. The summed E-state index contributed by atoms with van der Waals surface area (Å²) in [5.74, 6) is 0.483. The maximum atomic E-state index is 12.9. The lowest BCUT2D eigenvalue weighted by atomic mass is 9.96. The Morgan fingerprint density at radius 3 is 1.80 bits per heavy atom. The summed E-state index contributed by atoms with van der Waals surface area (Å²) in [7, 11) is 0. The van der Waals surface area contributed by atoms with Gasteiger partial charge in [0.05, 0.1) is 16.7 Å². The topological polar surface area (TPSA) is 88.1 Å². The van der Waals surface area contributed by atoms with Crippen LogP contribution < -0.4 is 0 Å². The zero-order valence-corrected chi connectivity index (χ0v) is 18.7. The minimum Gasteiger partial charge on any atom is -0.459 e. The fourth-order valence-corrected chi connectivity index (χ4v) is 3.62. The number of ether oxygens (including phenoxy) is 4. The lowest BCUT2D eigenvalue weighted by Crippen LogP contribution is -2.50. The molecule has 35 heavy (non-hydrogen) atoms. The lowest BCUT2D eigenvalue weighted by molar-refractivity contribution is -0.0607. The number of carbonyl (C=O) groups is 3. The van der Waals surface area contributed by atoms with Crippen molar-refractivity contribution in [1.82, 2.24) is 0 Å². The van der Waals surface area contributed by atoms with Crippen LogP contribution in [0.4, 0.5) is 0 Å². The summed E-state index contributed by atoms with van der Waals surface area (Å²) < 4.78 is 22.6. The average molecular weight is 470 g/mol. The molecular formula is C28H22O7. The van der Waals surface area contributed by atoms with E-state index in [2.05, 4.69) is 5.92 Å². The van der Waals surface area contributed by atoms with Crippen molar-refractivity contribution in [2.24, 2.45) is 0 Å². The molecule has 1 saturated heterocycles. The van der Waals surface area contributed by atoms with Crippen LogP contribution in [0.1, 0.15) is 31.1 Å². The van der Waals surface area contributed by atoms with E-state index in [9.17, 15) is 14.4 Å². The second kappa shape index (κ2) is 10.7. The van der Waals surface area contributed by atoms with Gasteiger partial charge in [-0.3, -0.25) is 0 Å². The maximum absolute atomic E-state index is 12.9. The predicted octanol–water partition coefficient (Wildman–Crippen LogP) is 3.70. The Bertz CT molecular complexity index is 1220. The summed E-state index contributed by atoms with van der Waals surface area (Å²) in [5.41, 5.74) is -0.822. The van der Waals surface area contributed by atoms with E-state index in [4.69, 9.17) is 25.4 Å². The molecule has 1 fully saturated rings. The van der Waals surface area contributed by atoms with Crippen LogP contribution in [0.2, 0.25) is 0 Å². The van der Waals surface area contributed by atoms with Crippen LogP contribution in [0.25, 0.3) is 0 Å². The van der Waals surface area contributed by atoms with Gasteiger partial charge in [-0.1, -0.05) is 60.5 Å². The van der Waals surface area contributed by atoms with E-state index in [1.807, 2.05) is 0 Å². The van der Waals surface area contributed by atoms with E-state index in [1.54, 1.807) is 91.0 Å². The molecule has 7 heteroatoms. The summed E-state index contributed by atoms with van der Waals surface area (Å²) in [6.45, 7) is -0.519. The van der Waals surface area contributed by atoms with Crippen LogP contribution in [0.15, 0.2) is 91.0 Å². The average Bonchev–Trinajstić information content (AvgIpc) is 3.25. The normalized spacial score (nSPS) is 20.9. The van der Waals surface area contributed by atoms with Crippen LogP contribution in [0.3, 0.4) is 0 Å². The highest BCUT2D eigenvalue weighted by atomic mass is 16.7. The van der Waals surface area contributed by atoms with Crippen LogP contribution in [-0.4, -0.2) is 48.9 Å². The molecule has 1 heterocycles. The highest BCUT2D eigenvalue weighted by molar-refractivity contribution is 5.91. The molecule has 0 radical (unpaired) electrons. The Labute approximate surface area is 202 Å². The molecule has 0 bridgehead atoms. The Balaban J connectivity index is 1.56. The Morgan fingerprint density at radius 1 is 0.800 bits per heavy atom. The smallest absolute Gasteiger partial charge is 0.339 e. The molecule has 0 aliphatic carbocycles. The fourth-order valence-electron chi connectivity index (χ4n) is 3.62. The highest BCUT2D eigenvalue weighted by Crippen LogP contribution is 2.33. The summed E-state index contributed by atoms with van der Waals surface area (Å²) >= 11 is 0. The van der Waals surface area contributed by atoms with Crippen LogP contribution in [0.5, 0.6) is 0 Å². The van der Waals surface area contributed by atoms with Crippen molar-refractivity contribution in [3.8, 4) is 12.3 Å². The molecule has 176 valence electrons. The van der Waals surface area contributed by atoms with Gasteiger partial charge in [0.1, 0.15) is 19.3 Å². The van der Waals surface area contributed by atoms with Gasteiger partial charge in [-0.25, -0.2) is 14.4 Å². The second-order valence-corrected chi connectivity index (χ2v) is 7.80. The third-order valence-corrected chi connectivity index (χ3v) is 5.47. The number of esters is 3. The minimum atomic E-state index is -1.72. The molecule has 7 nitrogen and oxygen atoms in total. The summed E-state index contributed by atoms with van der Waals surface area (Å²) in [4.78, 5) is 38.1. The molecule has 1 aliphatic rings. The molecule has 0 spiro atoms. The van der Waals surface area contributed by atoms with Crippen molar-refractivity contribution < 1.29 is 33.3 Å². The summed E-state index contributed by atoms with van der Waals surface area (Å²) in [6, 6.07) is 25.0. The molecule has 1 aliphatic heterocycles. The van der Waals surface area contributed by atoms with E-state index in [-0.39, 0.29) is 24.3 Å². The number of hydrogen-bond acceptors (Lipinski definition) is 7. The lowest BCUT2D eigenvalue weighted by Gasteiger charge is -2.30. The third-order valence-electron chi connectivity index (χ3n) is 5.47. The van der Waals surface area contributed by atoms with Gasteiger partial charge >= 0.3 is 17.9 Å². The Morgan fingerprint density at radius 2 is 1.29 bits per heavy atom. The van der Waals surface area contributed by atoms with Gasteiger partial charge in [-0.05, 0) is 36.4 Å². The van der Waals surface area contributed by atoms with Crippen molar-refractivity contribution >= 4 is 17.9 Å². The molecule has 4 rings (SSSR count). The minimum absolute atomic E-state index is 0.248. The van der Waals surface area contributed by atoms with Gasteiger partial charge in [0.2, 0.25) is 5.60 Å². The van der Waals surface area contributed by atoms with Crippen molar-refractivity contribution in [3.05, 3.63) is 108 Å². The first-order valence-corrected chi connectivity index (χ1v) is 10.9. The van der Waals surface area contributed by atoms with E-state index < -0.39 is 35.7 Å². The molecule has 0 N–H and O–H groups in total. The molecule has 3 aromatic carbocycles. The molecular weight excluding hydrogens is 448 g/mol. The van der Waals surface area contributed by atoms with Crippen LogP contribution in [-0.2, 0) is 18.9 Å². The van der Waals surface area contributed by atoms with Crippen LogP contribution >= 0.6 is 0 Å². The van der Waals surface area contributed by atoms with Gasteiger partial charge in [-0.15, -0.1) is 6.42 Å². The predicted molar refractivity (Wildman–Crippen MR) is 126 cm³/mol. The third kappa shape index (κ3) is 5.40. The Hall–Kier alpha value is -4.41. The SMILES string of the molecule is C#C[C@]1(OC(=O)c2ccccc2)COC(COC(=O)c2ccccc2)[C@H]1OC(=O)c1ccccc1. The molecule has 0 amide bonds. The standard InChI is InChI=1S/C28H22O7/c1-2-28(35-27(31)22-16-10-5-11-17-22)19-33-23(18-32-25(29)20-12-6-3-7-13-20)24(28)34-26(30)21-14-8-4-9-15-21/h1,3-17,23-24H,18-19H2/t23?,24-,28+/m1/s1. The van der Waals surface area contributed by atoms with E-state index in [0.717, 1.165) is 0 Å². The van der Waals surface area contributed by atoms with Crippen molar-refractivity contribution in [1.29, 1.82) is 0 Å². The largest absolute Gasteiger partial charge is 0.459 e. The van der Waals surface area contributed by atoms with Gasteiger partial charge in [-0.2, -0.15) is 0 Å². The zero-order valence-electron chi connectivity index (χ0n) is 18.7. The molecule has 0 saturated carbocycles. The first-order valence-electron chi connectivity index (χ1n) is 10.9. The van der Waals surface area contributed by atoms with E-state index in [0.29, 0.717) is 5.56 Å². The van der Waals surface area contributed by atoms with Crippen molar-refractivity contribution in [2.45, 2.75) is 17.8 Å². The number of terminal acetylenes is 1. The fraction of sp³-hybridized carbons (Fsp3) is 0.179. The van der Waals surface area contributed by atoms with Gasteiger partial charge in [0, 0.05) is 0 Å². The van der Waals surface area contributed by atoms with Crippen LogP contribution in [0, 0.1) is 12.3 Å². The number of benzene rings is 3. The summed E-state index contributed by atoms with van der Waals surface area (Å²) in [6.07, 6.45) is 3.61. The molecule has 3 aromatic rings. The maximum Gasteiger partial charge on any atom is 0.339 e. The number of hydrogen-bond donors (Lipinski definition) is 0. The van der Waals surface area contributed by atoms with Crippen molar-refractivity contribution in [3.63, 3.8) is 0 Å². The summed E-state index contributed by atoms with van der Waals surface area (Å²) in [5, 5.41) is 0. The number of rotatable bonds is 7. The molecule has 1 unspecified atom stereocenters. The van der Waals surface area contributed by atoms with Crippen molar-refractivity contribution in [2.75, 3.05) is 13.2 Å². The van der Waals surface area contributed by atoms with E-state index >= 15 is 0 Å².